The van der Waals surface area contributed by atoms with Gasteiger partial charge in [-0.2, -0.15) is 0 Å². The maximum absolute atomic E-state index is 9.28. The minimum Gasteiger partial charge on any atom is -0.508 e. The average molecular weight is 245 g/mol. The summed E-state index contributed by atoms with van der Waals surface area (Å²) in [6.45, 7) is 3.96. The number of imidazole rings is 1. The van der Waals surface area contributed by atoms with Crippen molar-refractivity contribution in [3.8, 4) is 5.75 Å². The molecule has 0 aliphatic heterocycles. The molecule has 0 saturated carbocycles. The Bertz CT molecular complexity index is 450. The first-order valence-corrected chi connectivity index (χ1v) is 6.27. The van der Waals surface area contributed by atoms with Gasteiger partial charge in [0.2, 0.25) is 0 Å². The topological polar surface area (TPSA) is 50.1 Å². The summed E-state index contributed by atoms with van der Waals surface area (Å²) in [4.78, 5) is 4.02. The van der Waals surface area contributed by atoms with E-state index in [4.69, 9.17) is 0 Å². The van der Waals surface area contributed by atoms with Gasteiger partial charge < -0.3 is 15.0 Å². The third-order valence-electron chi connectivity index (χ3n) is 3.02. The molecule has 4 heteroatoms. The van der Waals surface area contributed by atoms with Crippen molar-refractivity contribution >= 4 is 0 Å². The first kappa shape index (κ1) is 12.6. The van der Waals surface area contributed by atoms with Gasteiger partial charge in [-0.25, -0.2) is 4.98 Å². The number of nitrogens with zero attached hydrogens (tertiary/aromatic N) is 2. The monoisotopic (exact) mass is 245 g/mol. The molecule has 0 radical (unpaired) electrons. The summed E-state index contributed by atoms with van der Waals surface area (Å²) in [7, 11) is 0. The molecule has 2 rings (SSSR count). The SMILES string of the molecule is CCC(NCCn1ccnc1)c1ccc(O)cc1. The maximum Gasteiger partial charge on any atom is 0.115 e. The van der Waals surface area contributed by atoms with Crippen LogP contribution in [0.4, 0.5) is 0 Å². The van der Waals surface area contributed by atoms with Gasteiger partial charge in [0.1, 0.15) is 5.75 Å². The predicted molar refractivity (Wildman–Crippen MR) is 71.4 cm³/mol. The zero-order valence-corrected chi connectivity index (χ0v) is 10.6. The third kappa shape index (κ3) is 3.34. The van der Waals surface area contributed by atoms with Crippen molar-refractivity contribution in [3.05, 3.63) is 48.5 Å². The number of benzene rings is 1. The Labute approximate surface area is 107 Å². The molecule has 4 nitrogen and oxygen atoms in total. The lowest BCUT2D eigenvalue weighted by Crippen LogP contribution is -2.24. The van der Waals surface area contributed by atoms with Crippen molar-refractivity contribution in [2.75, 3.05) is 6.54 Å². The van der Waals surface area contributed by atoms with Gasteiger partial charge in [-0.3, -0.25) is 0 Å². The average Bonchev–Trinajstić information content (AvgIpc) is 2.89. The fourth-order valence-electron chi connectivity index (χ4n) is 1.99. The van der Waals surface area contributed by atoms with Crippen LogP contribution in [0, 0.1) is 0 Å². The Hall–Kier alpha value is -1.81. The molecule has 0 amide bonds. The van der Waals surface area contributed by atoms with Crippen LogP contribution in [0.25, 0.3) is 0 Å². The maximum atomic E-state index is 9.28. The standard InChI is InChI=1S/C14H19N3O/c1-2-14(12-3-5-13(18)6-4-12)16-8-10-17-9-7-15-11-17/h3-7,9,11,14,16,18H,2,8,10H2,1H3. The summed E-state index contributed by atoms with van der Waals surface area (Å²) >= 11 is 0. The van der Waals surface area contributed by atoms with Crippen LogP contribution in [0.1, 0.15) is 24.9 Å². The molecule has 96 valence electrons. The molecule has 1 aromatic carbocycles. The van der Waals surface area contributed by atoms with Crippen LogP contribution in [-0.2, 0) is 6.54 Å². The molecule has 0 saturated heterocycles. The summed E-state index contributed by atoms with van der Waals surface area (Å²) in [6, 6.07) is 7.72. The molecule has 1 heterocycles. The highest BCUT2D eigenvalue weighted by Crippen LogP contribution is 2.19. The van der Waals surface area contributed by atoms with Gasteiger partial charge in [-0.15, -0.1) is 0 Å². The molecule has 2 N–H and O–H groups in total. The Morgan fingerprint density at radius 2 is 2.11 bits per heavy atom. The first-order valence-electron chi connectivity index (χ1n) is 6.27. The Morgan fingerprint density at radius 3 is 2.72 bits per heavy atom. The summed E-state index contributed by atoms with van der Waals surface area (Å²) < 4.78 is 2.05. The molecule has 0 aliphatic rings. The second kappa shape index (κ2) is 6.21. The van der Waals surface area contributed by atoms with E-state index < -0.39 is 0 Å². The van der Waals surface area contributed by atoms with Crippen LogP contribution in [0.15, 0.2) is 43.0 Å². The second-order valence-corrected chi connectivity index (χ2v) is 4.31. The zero-order chi connectivity index (χ0) is 12.8. The summed E-state index contributed by atoms with van der Waals surface area (Å²) in [6.07, 6.45) is 6.60. The van der Waals surface area contributed by atoms with Gasteiger partial charge >= 0.3 is 0 Å². The van der Waals surface area contributed by atoms with E-state index in [1.165, 1.54) is 5.56 Å². The van der Waals surface area contributed by atoms with E-state index in [-0.39, 0.29) is 0 Å². The summed E-state index contributed by atoms with van der Waals surface area (Å²) in [5.41, 5.74) is 1.21. The third-order valence-corrected chi connectivity index (χ3v) is 3.02. The number of rotatable bonds is 6. The van der Waals surface area contributed by atoms with Crippen LogP contribution in [0.5, 0.6) is 5.75 Å². The van der Waals surface area contributed by atoms with Crippen molar-refractivity contribution in [1.29, 1.82) is 0 Å². The smallest absolute Gasteiger partial charge is 0.115 e. The normalized spacial score (nSPS) is 12.5. The molecule has 1 atom stereocenters. The quantitative estimate of drug-likeness (QED) is 0.821. The molecule has 0 fully saturated rings. The molecule has 18 heavy (non-hydrogen) atoms. The number of nitrogens with one attached hydrogen (secondary N) is 1. The molecule has 0 spiro atoms. The first-order chi connectivity index (χ1) is 8.79. The van der Waals surface area contributed by atoms with Gasteiger partial charge in [0.05, 0.1) is 6.33 Å². The Balaban J connectivity index is 1.87. The van der Waals surface area contributed by atoms with E-state index in [0.29, 0.717) is 11.8 Å². The van der Waals surface area contributed by atoms with Crippen molar-refractivity contribution in [2.24, 2.45) is 0 Å². The highest BCUT2D eigenvalue weighted by molar-refractivity contribution is 5.27. The number of aromatic hydroxyl groups is 1. The summed E-state index contributed by atoms with van der Waals surface area (Å²) in [5.74, 6) is 0.312. The van der Waals surface area contributed by atoms with E-state index in [0.717, 1.165) is 19.5 Å². The highest BCUT2D eigenvalue weighted by Gasteiger charge is 2.07. The molecule has 0 bridgehead atoms. The Kier molecular flexibility index (Phi) is 4.36. The highest BCUT2D eigenvalue weighted by atomic mass is 16.3. The lowest BCUT2D eigenvalue weighted by atomic mass is 10.0. The van der Waals surface area contributed by atoms with Crippen molar-refractivity contribution in [1.82, 2.24) is 14.9 Å². The van der Waals surface area contributed by atoms with Crippen LogP contribution in [0.3, 0.4) is 0 Å². The Morgan fingerprint density at radius 1 is 1.33 bits per heavy atom. The van der Waals surface area contributed by atoms with Crippen molar-refractivity contribution < 1.29 is 5.11 Å². The molecule has 0 aliphatic carbocycles. The number of hydrogen-bond donors (Lipinski definition) is 2. The van der Waals surface area contributed by atoms with Gasteiger partial charge in [0.25, 0.3) is 0 Å². The second-order valence-electron chi connectivity index (χ2n) is 4.31. The summed E-state index contributed by atoms with van der Waals surface area (Å²) in [5, 5.41) is 12.8. The minimum absolute atomic E-state index is 0.312. The lowest BCUT2D eigenvalue weighted by Gasteiger charge is -2.17. The fraction of sp³-hybridized carbons (Fsp3) is 0.357. The zero-order valence-electron chi connectivity index (χ0n) is 10.6. The van der Waals surface area contributed by atoms with E-state index in [2.05, 4.69) is 21.8 Å². The number of phenols is 1. The molecule has 1 unspecified atom stereocenters. The van der Waals surface area contributed by atoms with Crippen LogP contribution >= 0.6 is 0 Å². The molecule has 1 aromatic heterocycles. The fourth-order valence-corrected chi connectivity index (χ4v) is 1.99. The van der Waals surface area contributed by atoms with Gasteiger partial charge in [0, 0.05) is 31.5 Å². The van der Waals surface area contributed by atoms with Crippen LogP contribution in [-0.4, -0.2) is 21.2 Å². The number of aromatic nitrogens is 2. The van der Waals surface area contributed by atoms with Crippen molar-refractivity contribution in [2.45, 2.75) is 25.9 Å². The van der Waals surface area contributed by atoms with E-state index in [9.17, 15) is 5.11 Å². The van der Waals surface area contributed by atoms with Gasteiger partial charge in [-0.1, -0.05) is 19.1 Å². The number of phenolic OH excluding ortho intramolecular Hbond substituents is 1. The van der Waals surface area contributed by atoms with E-state index in [1.807, 2.05) is 24.7 Å². The molecular weight excluding hydrogens is 226 g/mol. The van der Waals surface area contributed by atoms with Gasteiger partial charge in [0.15, 0.2) is 0 Å². The lowest BCUT2D eigenvalue weighted by molar-refractivity contribution is 0.471. The minimum atomic E-state index is 0.312. The largest absolute Gasteiger partial charge is 0.508 e. The number of hydrogen-bond acceptors (Lipinski definition) is 3. The van der Waals surface area contributed by atoms with E-state index in [1.54, 1.807) is 18.3 Å². The van der Waals surface area contributed by atoms with Crippen LogP contribution in [0.2, 0.25) is 0 Å². The van der Waals surface area contributed by atoms with Crippen LogP contribution < -0.4 is 5.32 Å². The molecule has 2 aromatic rings. The molecular formula is C14H19N3O. The predicted octanol–water partition coefficient (Wildman–Crippen LogP) is 2.33. The van der Waals surface area contributed by atoms with E-state index >= 15 is 0 Å². The van der Waals surface area contributed by atoms with Crippen molar-refractivity contribution in [3.63, 3.8) is 0 Å². The van der Waals surface area contributed by atoms with Gasteiger partial charge in [-0.05, 0) is 24.1 Å².